The van der Waals surface area contributed by atoms with Crippen molar-refractivity contribution in [2.24, 2.45) is 0 Å². The molecule has 1 aromatic rings. The van der Waals surface area contributed by atoms with Gasteiger partial charge < -0.3 is 4.90 Å². The number of unbranched alkanes of at least 4 members (excludes halogenated alkanes) is 1. The Morgan fingerprint density at radius 2 is 1.86 bits per heavy atom. The fourth-order valence-corrected chi connectivity index (χ4v) is 1.37. The Kier molecular flexibility index (Phi) is 6.62. The van der Waals surface area contributed by atoms with E-state index in [2.05, 4.69) is 56.6 Å². The predicted molar refractivity (Wildman–Crippen MR) is 59.1 cm³/mol. The number of nitrogens with zero attached hydrogens (tertiary/aromatic N) is 1. The van der Waals surface area contributed by atoms with Crippen LogP contribution in [0, 0.1) is 6.42 Å². The van der Waals surface area contributed by atoms with Gasteiger partial charge in [0.2, 0.25) is 0 Å². The summed E-state index contributed by atoms with van der Waals surface area (Å²) in [6, 6.07) is 8.50. The van der Waals surface area contributed by atoms with Crippen LogP contribution < -0.4 is 23.8 Å². The molecule has 0 aliphatic rings. The third-order valence-corrected chi connectivity index (χ3v) is 2.07. The fraction of sp³-hybridized carbons (Fsp3) is 0.417. The molecule has 0 atom stereocenters. The molecular formula is C12H18LiN. The molecule has 0 radical (unpaired) electrons. The van der Waals surface area contributed by atoms with E-state index in [-0.39, 0.29) is 18.9 Å². The van der Waals surface area contributed by atoms with E-state index in [0.717, 1.165) is 6.42 Å². The van der Waals surface area contributed by atoms with E-state index < -0.39 is 0 Å². The van der Waals surface area contributed by atoms with Gasteiger partial charge in [-0.1, -0.05) is 37.6 Å². The first kappa shape index (κ1) is 13.5. The molecule has 0 unspecified atom stereocenters. The summed E-state index contributed by atoms with van der Waals surface area (Å²) in [6.07, 6.45) is 4.67. The average molecular weight is 183 g/mol. The van der Waals surface area contributed by atoms with Crippen LogP contribution in [0.1, 0.15) is 25.3 Å². The van der Waals surface area contributed by atoms with Crippen molar-refractivity contribution in [1.82, 2.24) is 0 Å². The van der Waals surface area contributed by atoms with Crippen molar-refractivity contribution in [3.05, 3.63) is 36.2 Å². The molecule has 0 saturated heterocycles. The summed E-state index contributed by atoms with van der Waals surface area (Å²) in [7, 11) is 4.16. The Morgan fingerprint density at radius 3 is 2.43 bits per heavy atom. The summed E-state index contributed by atoms with van der Waals surface area (Å²) in [4.78, 5) is 2.15. The van der Waals surface area contributed by atoms with Crippen LogP contribution in [0.3, 0.4) is 0 Å². The number of para-hydroxylation sites is 1. The zero-order chi connectivity index (χ0) is 9.68. The molecule has 0 aliphatic heterocycles. The summed E-state index contributed by atoms with van der Waals surface area (Å²) >= 11 is 0. The number of anilines is 1. The maximum Gasteiger partial charge on any atom is 1.00 e. The van der Waals surface area contributed by atoms with E-state index in [1.54, 1.807) is 0 Å². The maximum atomic E-state index is 2.30. The molecule has 0 aromatic heterocycles. The van der Waals surface area contributed by atoms with Gasteiger partial charge in [0.25, 0.3) is 0 Å². The molecule has 1 rings (SSSR count). The van der Waals surface area contributed by atoms with Crippen molar-refractivity contribution in [3.8, 4) is 0 Å². The number of hydrogen-bond donors (Lipinski definition) is 0. The van der Waals surface area contributed by atoms with Crippen molar-refractivity contribution in [2.75, 3.05) is 19.0 Å². The van der Waals surface area contributed by atoms with Crippen molar-refractivity contribution >= 4 is 5.69 Å². The molecule has 0 aliphatic carbocycles. The summed E-state index contributed by atoms with van der Waals surface area (Å²) in [5, 5.41) is 0. The molecule has 0 bridgehead atoms. The normalized spacial score (nSPS) is 9.07. The smallest absolute Gasteiger partial charge is 0.428 e. The summed E-state index contributed by atoms with van der Waals surface area (Å²) in [6.45, 7) is 2.20. The van der Waals surface area contributed by atoms with Crippen molar-refractivity contribution in [3.63, 3.8) is 0 Å². The van der Waals surface area contributed by atoms with Gasteiger partial charge in [-0.05, 0) is 14.1 Å². The van der Waals surface area contributed by atoms with E-state index in [1.807, 2.05) is 0 Å². The standard InChI is InChI=1S/C12H18N.Li/c1-4-5-8-11-9-6-7-10-12(11)13(2)3;/h6-10H,4-5H2,1-3H3;/q-1;+1. The van der Waals surface area contributed by atoms with E-state index in [9.17, 15) is 0 Å². The van der Waals surface area contributed by atoms with Gasteiger partial charge in [-0.15, -0.1) is 6.07 Å². The zero-order valence-corrected chi connectivity index (χ0v) is 9.75. The van der Waals surface area contributed by atoms with E-state index in [4.69, 9.17) is 0 Å². The SMILES string of the molecule is CCC[CH-]c1ccccc1N(C)C.[Li+]. The van der Waals surface area contributed by atoms with Crippen LogP contribution >= 0.6 is 0 Å². The molecule has 72 valence electrons. The summed E-state index contributed by atoms with van der Waals surface area (Å²) in [5.74, 6) is 0. The molecule has 14 heavy (non-hydrogen) atoms. The maximum absolute atomic E-state index is 2.30. The van der Waals surface area contributed by atoms with Crippen molar-refractivity contribution < 1.29 is 18.9 Å². The zero-order valence-electron chi connectivity index (χ0n) is 9.75. The van der Waals surface area contributed by atoms with Crippen LogP contribution in [0.25, 0.3) is 0 Å². The topological polar surface area (TPSA) is 3.24 Å². The molecule has 0 saturated carbocycles. The van der Waals surface area contributed by atoms with E-state index in [1.165, 1.54) is 17.7 Å². The van der Waals surface area contributed by atoms with Gasteiger partial charge in [0, 0.05) is 0 Å². The Morgan fingerprint density at radius 1 is 1.21 bits per heavy atom. The van der Waals surface area contributed by atoms with Crippen molar-refractivity contribution in [1.29, 1.82) is 0 Å². The third kappa shape index (κ3) is 3.70. The Balaban J connectivity index is 0.00000169. The van der Waals surface area contributed by atoms with Gasteiger partial charge in [-0.2, -0.15) is 18.1 Å². The van der Waals surface area contributed by atoms with E-state index in [0.29, 0.717) is 0 Å². The minimum absolute atomic E-state index is 0. The first-order valence-electron chi connectivity index (χ1n) is 4.85. The molecule has 0 N–H and O–H groups in total. The molecule has 0 fully saturated rings. The minimum Gasteiger partial charge on any atom is -0.428 e. The fourth-order valence-electron chi connectivity index (χ4n) is 1.37. The first-order valence-corrected chi connectivity index (χ1v) is 4.85. The van der Waals surface area contributed by atoms with Gasteiger partial charge in [-0.25, -0.2) is 0 Å². The van der Waals surface area contributed by atoms with Gasteiger partial charge in [0.15, 0.2) is 0 Å². The van der Waals surface area contributed by atoms with Crippen molar-refractivity contribution in [2.45, 2.75) is 19.8 Å². The van der Waals surface area contributed by atoms with Crippen LogP contribution in [0.4, 0.5) is 5.69 Å². The minimum atomic E-state index is 0. The number of hydrogen-bond acceptors (Lipinski definition) is 1. The largest absolute Gasteiger partial charge is 1.00 e. The molecule has 0 amide bonds. The monoisotopic (exact) mass is 183 g/mol. The Labute approximate surface area is 99.7 Å². The van der Waals surface area contributed by atoms with Crippen LogP contribution in [0.5, 0.6) is 0 Å². The van der Waals surface area contributed by atoms with Crippen LogP contribution in [-0.2, 0) is 0 Å². The van der Waals surface area contributed by atoms with Gasteiger partial charge in [-0.3, -0.25) is 0 Å². The second-order valence-corrected chi connectivity index (χ2v) is 3.45. The Bertz CT molecular complexity index is 258. The van der Waals surface area contributed by atoms with Gasteiger partial charge >= 0.3 is 18.9 Å². The number of rotatable bonds is 4. The first-order chi connectivity index (χ1) is 6.25. The predicted octanol–water partition coefficient (Wildman–Crippen LogP) is 0.109. The number of benzene rings is 1. The molecule has 1 aromatic carbocycles. The summed E-state index contributed by atoms with van der Waals surface area (Å²) in [5.41, 5.74) is 2.64. The molecule has 0 heterocycles. The van der Waals surface area contributed by atoms with Crippen LogP contribution in [-0.4, -0.2) is 14.1 Å². The second kappa shape index (κ2) is 6.87. The summed E-state index contributed by atoms with van der Waals surface area (Å²) < 4.78 is 0. The molecule has 2 heteroatoms. The van der Waals surface area contributed by atoms with Crippen LogP contribution in [0.2, 0.25) is 0 Å². The Hall–Kier alpha value is -0.513. The molecule has 1 nitrogen and oxygen atoms in total. The van der Waals surface area contributed by atoms with Gasteiger partial charge in [0.1, 0.15) is 0 Å². The average Bonchev–Trinajstić information content (AvgIpc) is 2.15. The third-order valence-electron chi connectivity index (χ3n) is 2.07. The van der Waals surface area contributed by atoms with Gasteiger partial charge in [0.05, 0.1) is 0 Å². The second-order valence-electron chi connectivity index (χ2n) is 3.45. The molecular weight excluding hydrogens is 165 g/mol. The van der Waals surface area contributed by atoms with E-state index >= 15 is 0 Å². The van der Waals surface area contributed by atoms with Crippen LogP contribution in [0.15, 0.2) is 24.3 Å². The molecule has 0 spiro atoms. The quantitative estimate of drug-likeness (QED) is 0.473.